The Morgan fingerprint density at radius 1 is 0.586 bits per heavy atom. The van der Waals surface area contributed by atoms with Crippen molar-refractivity contribution in [2.45, 2.75) is 0 Å². The van der Waals surface area contributed by atoms with Crippen molar-refractivity contribution in [3.8, 4) is 0 Å². The highest BCUT2D eigenvalue weighted by Crippen LogP contribution is 2.15. The lowest BCUT2D eigenvalue weighted by Crippen LogP contribution is -2.36. The lowest BCUT2D eigenvalue weighted by Gasteiger charge is -2.11. The summed E-state index contributed by atoms with van der Waals surface area (Å²) in [5.41, 5.74) is 20.5. The first kappa shape index (κ1) is 42.9. The zero-order chi connectivity index (χ0) is 41.2. The van der Waals surface area contributed by atoms with Gasteiger partial charge in [0.2, 0.25) is 11.8 Å². The number of azide groups is 2. The minimum absolute atomic E-state index is 0.00331. The van der Waals surface area contributed by atoms with Crippen LogP contribution in [0.3, 0.4) is 0 Å². The first-order valence-corrected chi connectivity index (χ1v) is 17.6. The summed E-state index contributed by atoms with van der Waals surface area (Å²) in [6.07, 6.45) is 14.9. The van der Waals surface area contributed by atoms with Gasteiger partial charge in [0.25, 0.3) is 11.8 Å². The van der Waals surface area contributed by atoms with Gasteiger partial charge in [0.05, 0.1) is 26.4 Å². The lowest BCUT2D eigenvalue weighted by atomic mass is 10.2. The van der Waals surface area contributed by atoms with E-state index in [-0.39, 0.29) is 50.9 Å². The highest BCUT2D eigenvalue weighted by atomic mass is 16.5. The molecule has 0 aliphatic carbocycles. The molecule has 2 aromatic heterocycles. The van der Waals surface area contributed by atoms with Crippen LogP contribution in [0.4, 0.5) is 11.4 Å². The number of carbonyl (C=O) groups is 4. The molecule has 0 aliphatic rings. The molecule has 18 nitrogen and oxygen atoms in total. The van der Waals surface area contributed by atoms with Crippen LogP contribution in [0.1, 0.15) is 22.3 Å². The third-order valence-corrected chi connectivity index (χ3v) is 7.39. The summed E-state index contributed by atoms with van der Waals surface area (Å²) in [5.74, 6) is -2.16. The van der Waals surface area contributed by atoms with Gasteiger partial charge in [-0.15, -0.1) is 0 Å². The predicted molar refractivity (Wildman–Crippen MR) is 217 cm³/mol. The highest BCUT2D eigenvalue weighted by Gasteiger charge is 2.13. The summed E-state index contributed by atoms with van der Waals surface area (Å²) in [4.78, 5) is 65.0. The number of hydrogen-bond acceptors (Lipinski definition) is 10. The molecular weight excluding hydrogens is 745 g/mol. The topological polar surface area (TPSA) is 258 Å². The third kappa shape index (κ3) is 16.2. The van der Waals surface area contributed by atoms with Crippen LogP contribution in [0.15, 0.2) is 131 Å². The number of ether oxygens (including phenoxy) is 2. The highest BCUT2D eigenvalue weighted by molar-refractivity contribution is 6.05. The van der Waals surface area contributed by atoms with E-state index in [1.54, 1.807) is 110 Å². The fraction of sp³-hybridized carbons (Fsp3) is 0.150. The SMILES string of the molecule is [N-]=[N+]=Nc1ccc(/C=C/C(=O)N/C(=C\c2cccnc2)C(=O)NCCOCCOCCNC(=O)/C(=C/c2cccnc2)NC(=O)/C=C/c2ccc(N=[N+]=[N-])cc2)cc1. The van der Waals surface area contributed by atoms with Crippen LogP contribution in [-0.4, -0.2) is 73.1 Å². The number of hydrogen-bond donors (Lipinski definition) is 4. The van der Waals surface area contributed by atoms with Gasteiger partial charge in [0.1, 0.15) is 11.4 Å². The van der Waals surface area contributed by atoms with Crippen molar-refractivity contribution in [2.75, 3.05) is 39.5 Å². The van der Waals surface area contributed by atoms with Crippen LogP contribution in [0.25, 0.3) is 45.2 Å². The normalized spacial score (nSPS) is 11.3. The number of nitrogens with zero attached hydrogens (tertiary/aromatic N) is 8. The number of amides is 4. The summed E-state index contributed by atoms with van der Waals surface area (Å²) in [6, 6.07) is 20.0. The lowest BCUT2D eigenvalue weighted by molar-refractivity contribution is -0.121. The van der Waals surface area contributed by atoms with Crippen molar-refractivity contribution in [3.63, 3.8) is 0 Å². The molecule has 4 N–H and O–H groups in total. The van der Waals surface area contributed by atoms with E-state index in [1.165, 1.54) is 24.3 Å². The number of pyridine rings is 2. The number of carbonyl (C=O) groups excluding carboxylic acids is 4. The molecule has 2 heterocycles. The van der Waals surface area contributed by atoms with E-state index in [0.717, 1.165) is 0 Å². The fourth-order valence-corrected chi connectivity index (χ4v) is 4.66. The molecule has 0 spiro atoms. The Kier molecular flexibility index (Phi) is 18.1. The Morgan fingerprint density at radius 2 is 1.00 bits per heavy atom. The number of rotatable bonds is 21. The van der Waals surface area contributed by atoms with Gasteiger partial charge in [-0.05, 0) is 69.8 Å². The molecule has 0 aliphatic heterocycles. The molecule has 0 unspecified atom stereocenters. The average molecular weight is 783 g/mol. The van der Waals surface area contributed by atoms with Crippen molar-refractivity contribution >= 4 is 59.3 Å². The Balaban J connectivity index is 1.17. The van der Waals surface area contributed by atoms with E-state index in [0.29, 0.717) is 33.6 Å². The number of nitrogens with one attached hydrogen (secondary N) is 4. The smallest absolute Gasteiger partial charge is 0.267 e. The standard InChI is InChI=1S/C40H38N12O6/c41-51-49-33-11-5-29(6-12-33)9-15-37(53)47-35(25-31-3-1-17-43-27-31)39(55)45-19-21-57-23-24-58-22-20-46-40(56)36(26-32-4-2-18-44-28-32)48-38(54)16-10-30-7-13-34(14-8-30)50-52-42/h1-18,25-28H,19-24H2,(H,45,55)(H,46,56)(H,47,53)(H,48,54)/b15-9+,16-10+,35-25-,36-26-. The largest absolute Gasteiger partial charge is 0.377 e. The molecule has 4 amide bonds. The van der Waals surface area contributed by atoms with E-state index in [1.807, 2.05) is 0 Å². The van der Waals surface area contributed by atoms with Crippen molar-refractivity contribution in [1.29, 1.82) is 0 Å². The molecule has 0 atom stereocenters. The van der Waals surface area contributed by atoms with Gasteiger partial charge >= 0.3 is 0 Å². The molecule has 4 rings (SSSR count). The first-order valence-electron chi connectivity index (χ1n) is 17.6. The number of aromatic nitrogens is 2. The molecule has 0 saturated heterocycles. The summed E-state index contributed by atoms with van der Waals surface area (Å²) in [5, 5.41) is 17.6. The van der Waals surface area contributed by atoms with Gasteiger partial charge in [0.15, 0.2) is 0 Å². The molecular formula is C40H38N12O6. The predicted octanol–water partition coefficient (Wildman–Crippen LogP) is 5.67. The summed E-state index contributed by atoms with van der Waals surface area (Å²) >= 11 is 0. The Hall–Kier alpha value is -7.88. The third-order valence-electron chi connectivity index (χ3n) is 7.39. The van der Waals surface area contributed by atoms with Crippen LogP contribution < -0.4 is 21.3 Å². The maximum atomic E-state index is 13.0. The van der Waals surface area contributed by atoms with Crippen LogP contribution in [-0.2, 0) is 28.7 Å². The molecule has 18 heteroatoms. The van der Waals surface area contributed by atoms with Crippen molar-refractivity contribution < 1.29 is 28.7 Å². The van der Waals surface area contributed by atoms with E-state index in [4.69, 9.17) is 20.5 Å². The average Bonchev–Trinajstić information content (AvgIpc) is 3.24. The minimum Gasteiger partial charge on any atom is -0.377 e. The van der Waals surface area contributed by atoms with Gasteiger partial charge < -0.3 is 30.7 Å². The van der Waals surface area contributed by atoms with Crippen LogP contribution in [0.5, 0.6) is 0 Å². The van der Waals surface area contributed by atoms with E-state index >= 15 is 0 Å². The van der Waals surface area contributed by atoms with Crippen LogP contribution >= 0.6 is 0 Å². The molecule has 4 aromatic rings. The fourth-order valence-electron chi connectivity index (χ4n) is 4.66. The van der Waals surface area contributed by atoms with Crippen molar-refractivity contribution in [1.82, 2.24) is 31.2 Å². The first-order chi connectivity index (χ1) is 28.3. The van der Waals surface area contributed by atoms with Gasteiger partial charge in [-0.3, -0.25) is 29.1 Å². The maximum absolute atomic E-state index is 13.0. The van der Waals surface area contributed by atoms with E-state index < -0.39 is 23.6 Å². The second-order valence-corrected chi connectivity index (χ2v) is 11.6. The second kappa shape index (κ2) is 24.5. The summed E-state index contributed by atoms with van der Waals surface area (Å²) in [7, 11) is 0. The second-order valence-electron chi connectivity index (χ2n) is 11.6. The number of benzene rings is 2. The Labute approximate surface area is 332 Å². The zero-order valence-corrected chi connectivity index (χ0v) is 31.0. The van der Waals surface area contributed by atoms with Crippen LogP contribution in [0.2, 0.25) is 0 Å². The summed E-state index contributed by atoms with van der Waals surface area (Å²) < 4.78 is 11.1. The molecule has 0 fully saturated rings. The molecule has 2 aromatic carbocycles. The van der Waals surface area contributed by atoms with Crippen molar-refractivity contribution in [2.24, 2.45) is 10.2 Å². The molecule has 0 radical (unpaired) electrons. The summed E-state index contributed by atoms with van der Waals surface area (Å²) in [6.45, 7) is 0.998. The Morgan fingerprint density at radius 3 is 1.36 bits per heavy atom. The molecule has 58 heavy (non-hydrogen) atoms. The monoisotopic (exact) mass is 782 g/mol. The van der Waals surface area contributed by atoms with E-state index in [9.17, 15) is 19.2 Å². The molecule has 0 saturated carbocycles. The van der Waals surface area contributed by atoms with E-state index in [2.05, 4.69) is 51.3 Å². The van der Waals surface area contributed by atoms with Gasteiger partial charge in [0, 0.05) is 71.2 Å². The minimum atomic E-state index is -0.541. The van der Waals surface area contributed by atoms with Gasteiger partial charge in [-0.2, -0.15) is 0 Å². The van der Waals surface area contributed by atoms with Crippen LogP contribution in [0, 0.1) is 0 Å². The van der Waals surface area contributed by atoms with Gasteiger partial charge in [-0.25, -0.2) is 0 Å². The Bertz CT molecular complexity index is 2050. The molecule has 294 valence electrons. The molecule has 0 bridgehead atoms. The van der Waals surface area contributed by atoms with Gasteiger partial charge in [-0.1, -0.05) is 70.9 Å². The maximum Gasteiger partial charge on any atom is 0.267 e. The zero-order valence-electron chi connectivity index (χ0n) is 31.0. The van der Waals surface area contributed by atoms with Crippen molar-refractivity contribution in [3.05, 3.63) is 164 Å². The quantitative estimate of drug-likeness (QED) is 0.0269.